The van der Waals surface area contributed by atoms with E-state index in [4.69, 9.17) is 4.74 Å². The molecule has 0 aromatic heterocycles. The van der Waals surface area contributed by atoms with Crippen LogP contribution in [0.15, 0.2) is 0 Å². The Morgan fingerprint density at radius 1 is 1.36 bits per heavy atom. The highest BCUT2D eigenvalue weighted by atomic mass is 16.5. The number of nitrogens with zero attached hydrogens (tertiary/aromatic N) is 1. The summed E-state index contributed by atoms with van der Waals surface area (Å²) in [5.74, 6) is 0.787. The van der Waals surface area contributed by atoms with E-state index in [1.54, 1.807) is 0 Å². The average Bonchev–Trinajstić information content (AvgIpc) is 2.21. The minimum atomic E-state index is 0.787. The van der Waals surface area contributed by atoms with Crippen molar-refractivity contribution in [2.45, 2.75) is 40.0 Å². The molecule has 0 radical (unpaired) electrons. The summed E-state index contributed by atoms with van der Waals surface area (Å²) in [6, 6.07) is 0. The highest BCUT2D eigenvalue weighted by Crippen LogP contribution is 2.14. The predicted octanol–water partition coefficient (Wildman–Crippen LogP) is 2.78. The van der Waals surface area contributed by atoms with Gasteiger partial charge in [-0.25, -0.2) is 0 Å². The smallest absolute Gasteiger partial charge is 0.0506 e. The van der Waals surface area contributed by atoms with Crippen molar-refractivity contribution in [3.8, 4) is 0 Å². The van der Waals surface area contributed by atoms with Gasteiger partial charge in [-0.05, 0) is 38.8 Å². The molecule has 1 atom stereocenters. The van der Waals surface area contributed by atoms with Crippen LogP contribution in [-0.4, -0.2) is 38.3 Å². The Morgan fingerprint density at radius 2 is 2.07 bits per heavy atom. The molecule has 0 aliphatic carbocycles. The first-order valence-corrected chi connectivity index (χ1v) is 6.09. The fraction of sp³-hybridized carbons (Fsp3) is 1.00. The van der Waals surface area contributed by atoms with Crippen LogP contribution in [-0.2, 0) is 4.74 Å². The Morgan fingerprint density at radius 3 is 2.64 bits per heavy atom. The number of rotatable bonds is 4. The fourth-order valence-corrected chi connectivity index (χ4v) is 1.80. The number of ether oxygens (including phenoxy) is 1. The van der Waals surface area contributed by atoms with Crippen LogP contribution in [0, 0.1) is 5.92 Å². The second-order valence-corrected chi connectivity index (χ2v) is 3.85. The van der Waals surface area contributed by atoms with E-state index in [9.17, 15) is 0 Å². The first-order chi connectivity index (χ1) is 6.83. The van der Waals surface area contributed by atoms with Gasteiger partial charge in [0, 0.05) is 13.2 Å². The van der Waals surface area contributed by atoms with Crippen molar-refractivity contribution in [2.75, 3.05) is 33.4 Å². The Balaban J connectivity index is 0.000000791. The third-order valence-corrected chi connectivity index (χ3v) is 2.42. The third kappa shape index (κ3) is 6.39. The van der Waals surface area contributed by atoms with Gasteiger partial charge >= 0.3 is 0 Å². The lowest BCUT2D eigenvalue weighted by atomic mass is 10.00. The van der Waals surface area contributed by atoms with Gasteiger partial charge < -0.3 is 9.64 Å². The second kappa shape index (κ2) is 9.47. The van der Waals surface area contributed by atoms with Crippen molar-refractivity contribution in [1.82, 2.24) is 4.90 Å². The Hall–Kier alpha value is -0.0800. The zero-order valence-corrected chi connectivity index (χ0v) is 10.4. The molecule has 0 aromatic rings. The van der Waals surface area contributed by atoms with Gasteiger partial charge in [-0.2, -0.15) is 0 Å². The summed E-state index contributed by atoms with van der Waals surface area (Å²) in [5, 5.41) is 0. The topological polar surface area (TPSA) is 12.5 Å². The lowest BCUT2D eigenvalue weighted by Crippen LogP contribution is -2.34. The summed E-state index contributed by atoms with van der Waals surface area (Å²) in [5.41, 5.74) is 0. The summed E-state index contributed by atoms with van der Waals surface area (Å²) < 4.78 is 5.54. The van der Waals surface area contributed by atoms with E-state index < -0.39 is 0 Å². The van der Waals surface area contributed by atoms with E-state index in [2.05, 4.69) is 18.9 Å². The van der Waals surface area contributed by atoms with E-state index in [1.807, 2.05) is 13.8 Å². The summed E-state index contributed by atoms with van der Waals surface area (Å²) in [4.78, 5) is 2.41. The maximum atomic E-state index is 5.54. The molecule has 0 saturated carbocycles. The highest BCUT2D eigenvalue weighted by molar-refractivity contribution is 4.69. The van der Waals surface area contributed by atoms with Crippen LogP contribution in [0.5, 0.6) is 0 Å². The molecule has 1 aliphatic heterocycles. The lowest BCUT2D eigenvalue weighted by molar-refractivity contribution is 0.0678. The van der Waals surface area contributed by atoms with Gasteiger partial charge in [-0.3, -0.25) is 0 Å². The molecule has 2 heteroatoms. The summed E-state index contributed by atoms with van der Waals surface area (Å²) in [7, 11) is 2.20. The molecule has 2 nitrogen and oxygen atoms in total. The van der Waals surface area contributed by atoms with Gasteiger partial charge in [0.2, 0.25) is 0 Å². The molecule has 0 bridgehead atoms. The van der Waals surface area contributed by atoms with Crippen molar-refractivity contribution in [3.63, 3.8) is 0 Å². The zero-order chi connectivity index (χ0) is 10.8. The van der Waals surface area contributed by atoms with Crippen LogP contribution in [0.2, 0.25) is 0 Å². The first-order valence-electron chi connectivity index (χ1n) is 6.09. The van der Waals surface area contributed by atoms with Crippen molar-refractivity contribution in [3.05, 3.63) is 0 Å². The molecule has 1 heterocycles. The molecule has 1 fully saturated rings. The molecule has 0 N–H and O–H groups in total. The molecule has 86 valence electrons. The average molecular weight is 201 g/mol. The van der Waals surface area contributed by atoms with Crippen LogP contribution in [0.25, 0.3) is 0 Å². The summed E-state index contributed by atoms with van der Waals surface area (Å²) in [6.45, 7) is 10.6. The van der Waals surface area contributed by atoms with Gasteiger partial charge in [0.15, 0.2) is 0 Å². The van der Waals surface area contributed by atoms with Crippen molar-refractivity contribution < 1.29 is 4.74 Å². The SMILES string of the molecule is CC.CCCOCC1CCCN(C)C1. The van der Waals surface area contributed by atoms with Crippen LogP contribution >= 0.6 is 0 Å². The van der Waals surface area contributed by atoms with Gasteiger partial charge in [0.25, 0.3) is 0 Å². The minimum Gasteiger partial charge on any atom is -0.381 e. The van der Waals surface area contributed by atoms with E-state index in [-0.39, 0.29) is 0 Å². The molecule has 1 aliphatic rings. The molecule has 0 aromatic carbocycles. The minimum absolute atomic E-state index is 0.787. The molecule has 0 amide bonds. The zero-order valence-electron chi connectivity index (χ0n) is 10.4. The van der Waals surface area contributed by atoms with Crippen molar-refractivity contribution in [2.24, 2.45) is 5.92 Å². The molecule has 1 saturated heterocycles. The van der Waals surface area contributed by atoms with Crippen molar-refractivity contribution in [1.29, 1.82) is 0 Å². The molecule has 14 heavy (non-hydrogen) atoms. The summed E-state index contributed by atoms with van der Waals surface area (Å²) >= 11 is 0. The standard InChI is InChI=1S/C10H21NO.C2H6/c1-3-7-12-9-10-5-4-6-11(2)8-10;1-2/h10H,3-9H2,1-2H3;1-2H3. The predicted molar refractivity (Wildman–Crippen MR) is 62.7 cm³/mol. The van der Waals surface area contributed by atoms with Crippen LogP contribution < -0.4 is 0 Å². The third-order valence-electron chi connectivity index (χ3n) is 2.42. The van der Waals surface area contributed by atoms with Crippen LogP contribution in [0.4, 0.5) is 0 Å². The van der Waals surface area contributed by atoms with Crippen molar-refractivity contribution >= 4 is 0 Å². The monoisotopic (exact) mass is 201 g/mol. The normalized spacial score (nSPS) is 22.7. The maximum absolute atomic E-state index is 5.54. The number of hydrogen-bond acceptors (Lipinski definition) is 2. The van der Waals surface area contributed by atoms with E-state index in [0.29, 0.717) is 0 Å². The lowest BCUT2D eigenvalue weighted by Gasteiger charge is -2.29. The number of hydrogen-bond donors (Lipinski definition) is 0. The van der Waals surface area contributed by atoms with Gasteiger partial charge in [-0.1, -0.05) is 20.8 Å². The molecular formula is C12H27NO. The van der Waals surface area contributed by atoms with Crippen LogP contribution in [0.3, 0.4) is 0 Å². The number of piperidine rings is 1. The van der Waals surface area contributed by atoms with Gasteiger partial charge in [0.05, 0.1) is 6.61 Å². The summed E-state index contributed by atoms with van der Waals surface area (Å²) in [6.07, 6.45) is 3.84. The molecule has 0 spiro atoms. The molecule has 1 rings (SSSR count). The Kier molecular flexibility index (Phi) is 9.42. The number of likely N-dealkylation sites (tertiary alicyclic amines) is 1. The first kappa shape index (κ1) is 13.9. The maximum Gasteiger partial charge on any atom is 0.0506 e. The van der Waals surface area contributed by atoms with Crippen LogP contribution in [0.1, 0.15) is 40.0 Å². The van der Waals surface area contributed by atoms with Gasteiger partial charge in [0.1, 0.15) is 0 Å². The quantitative estimate of drug-likeness (QED) is 0.649. The largest absolute Gasteiger partial charge is 0.381 e. The van der Waals surface area contributed by atoms with Gasteiger partial charge in [-0.15, -0.1) is 0 Å². The fourth-order valence-electron chi connectivity index (χ4n) is 1.80. The Bertz CT molecular complexity index is 117. The van der Waals surface area contributed by atoms with E-state index in [0.717, 1.165) is 25.6 Å². The Labute approximate surface area is 89.6 Å². The molecular weight excluding hydrogens is 174 g/mol. The van der Waals surface area contributed by atoms with E-state index >= 15 is 0 Å². The second-order valence-electron chi connectivity index (χ2n) is 3.85. The molecule has 1 unspecified atom stereocenters. The van der Waals surface area contributed by atoms with E-state index in [1.165, 1.54) is 25.9 Å². The highest BCUT2D eigenvalue weighted by Gasteiger charge is 2.16.